The van der Waals surface area contributed by atoms with Crippen molar-refractivity contribution in [3.63, 3.8) is 0 Å². The number of hydrogen-bond acceptors (Lipinski definition) is 3. The predicted octanol–water partition coefficient (Wildman–Crippen LogP) is 4.14. The fraction of sp³-hybridized carbons (Fsp3) is 0.0526. The van der Waals surface area contributed by atoms with E-state index in [0.717, 1.165) is 22.1 Å². The molecular weight excluding hydrogens is 274 g/mol. The number of ether oxygens (including phenoxy) is 1. The first-order valence-corrected chi connectivity index (χ1v) is 6.97. The van der Waals surface area contributed by atoms with Gasteiger partial charge in [0, 0.05) is 6.20 Å². The van der Waals surface area contributed by atoms with Crippen LogP contribution < -0.4 is 4.74 Å². The average Bonchev–Trinajstić information content (AvgIpc) is 2.59. The number of allylic oxidation sites excluding steroid dienone is 1. The Labute approximate surface area is 128 Å². The standard InChI is InChI=1S/C19H15NO2/c1-22-17-9-8-15-12-14(5-7-16(15)13-17)6-10-19(21)18-4-2-3-11-20-18/h2-13H,1H3/b10-6+. The van der Waals surface area contributed by atoms with Gasteiger partial charge in [0.15, 0.2) is 0 Å². The Hall–Kier alpha value is -2.94. The van der Waals surface area contributed by atoms with E-state index in [1.807, 2.05) is 36.4 Å². The Morgan fingerprint density at radius 1 is 1.05 bits per heavy atom. The minimum absolute atomic E-state index is 0.101. The van der Waals surface area contributed by atoms with E-state index in [4.69, 9.17) is 4.74 Å². The van der Waals surface area contributed by atoms with E-state index in [-0.39, 0.29) is 5.78 Å². The molecule has 0 atom stereocenters. The molecule has 0 spiro atoms. The predicted molar refractivity (Wildman–Crippen MR) is 88.1 cm³/mol. The van der Waals surface area contributed by atoms with Crippen molar-refractivity contribution in [3.05, 3.63) is 78.1 Å². The van der Waals surface area contributed by atoms with Crippen molar-refractivity contribution < 1.29 is 9.53 Å². The molecule has 2 aromatic carbocycles. The second-order valence-corrected chi connectivity index (χ2v) is 4.89. The number of fused-ring (bicyclic) bond motifs is 1. The summed E-state index contributed by atoms with van der Waals surface area (Å²) in [5.41, 5.74) is 1.42. The lowest BCUT2D eigenvalue weighted by Crippen LogP contribution is -1.96. The zero-order valence-corrected chi connectivity index (χ0v) is 12.2. The molecule has 3 aromatic rings. The van der Waals surface area contributed by atoms with Crippen molar-refractivity contribution in [3.8, 4) is 5.75 Å². The van der Waals surface area contributed by atoms with Gasteiger partial charge in [-0.25, -0.2) is 0 Å². The second kappa shape index (κ2) is 6.22. The van der Waals surface area contributed by atoms with Crippen molar-refractivity contribution in [2.75, 3.05) is 7.11 Å². The topological polar surface area (TPSA) is 39.2 Å². The SMILES string of the molecule is COc1ccc2cc(/C=C/C(=O)c3ccccn3)ccc2c1. The van der Waals surface area contributed by atoms with Gasteiger partial charge in [-0.3, -0.25) is 9.78 Å². The van der Waals surface area contributed by atoms with Crippen LogP contribution in [0.2, 0.25) is 0 Å². The van der Waals surface area contributed by atoms with E-state index in [1.165, 1.54) is 0 Å². The van der Waals surface area contributed by atoms with E-state index >= 15 is 0 Å². The quantitative estimate of drug-likeness (QED) is 0.535. The van der Waals surface area contributed by atoms with E-state index in [0.29, 0.717) is 5.69 Å². The molecule has 0 N–H and O–H groups in total. The molecule has 0 saturated heterocycles. The first-order chi connectivity index (χ1) is 10.8. The average molecular weight is 289 g/mol. The molecule has 0 aliphatic heterocycles. The summed E-state index contributed by atoms with van der Waals surface area (Å²) >= 11 is 0. The van der Waals surface area contributed by atoms with E-state index < -0.39 is 0 Å². The minimum Gasteiger partial charge on any atom is -0.497 e. The molecule has 0 fully saturated rings. The number of hydrogen-bond donors (Lipinski definition) is 0. The zero-order valence-electron chi connectivity index (χ0n) is 12.2. The van der Waals surface area contributed by atoms with E-state index in [9.17, 15) is 4.79 Å². The van der Waals surface area contributed by atoms with Gasteiger partial charge in [-0.1, -0.05) is 30.3 Å². The van der Waals surface area contributed by atoms with Gasteiger partial charge in [-0.05, 0) is 52.7 Å². The number of nitrogens with zero attached hydrogens (tertiary/aromatic N) is 1. The Morgan fingerprint density at radius 2 is 1.86 bits per heavy atom. The van der Waals surface area contributed by atoms with Crippen LogP contribution in [0.3, 0.4) is 0 Å². The highest BCUT2D eigenvalue weighted by Crippen LogP contribution is 2.22. The van der Waals surface area contributed by atoms with Crippen LogP contribution in [0.4, 0.5) is 0 Å². The monoisotopic (exact) mass is 289 g/mol. The number of carbonyl (C=O) groups is 1. The molecule has 1 heterocycles. The molecule has 1 aromatic heterocycles. The smallest absolute Gasteiger partial charge is 0.204 e. The number of methoxy groups -OCH3 is 1. The van der Waals surface area contributed by atoms with E-state index in [2.05, 4.69) is 4.98 Å². The fourth-order valence-electron chi connectivity index (χ4n) is 2.24. The number of aromatic nitrogens is 1. The zero-order chi connectivity index (χ0) is 15.4. The summed E-state index contributed by atoms with van der Waals surface area (Å²) in [4.78, 5) is 16.0. The van der Waals surface area contributed by atoms with Crippen molar-refractivity contribution in [2.45, 2.75) is 0 Å². The van der Waals surface area contributed by atoms with Crippen LogP contribution in [-0.2, 0) is 0 Å². The third kappa shape index (κ3) is 3.04. The molecule has 0 aliphatic rings. The summed E-state index contributed by atoms with van der Waals surface area (Å²) in [6.07, 6.45) is 4.97. The van der Waals surface area contributed by atoms with Crippen LogP contribution in [0.25, 0.3) is 16.8 Å². The molecule has 3 rings (SSSR count). The molecule has 3 heteroatoms. The van der Waals surface area contributed by atoms with Gasteiger partial charge < -0.3 is 4.74 Å². The Bertz CT molecular complexity index is 838. The molecule has 0 aliphatic carbocycles. The highest BCUT2D eigenvalue weighted by molar-refractivity contribution is 6.05. The van der Waals surface area contributed by atoms with Crippen molar-refractivity contribution in [1.29, 1.82) is 0 Å². The van der Waals surface area contributed by atoms with Crippen molar-refractivity contribution in [1.82, 2.24) is 4.98 Å². The van der Waals surface area contributed by atoms with Crippen LogP contribution in [0.1, 0.15) is 16.1 Å². The molecule has 0 radical (unpaired) electrons. The lowest BCUT2D eigenvalue weighted by molar-refractivity contribution is 0.104. The summed E-state index contributed by atoms with van der Waals surface area (Å²) < 4.78 is 5.21. The minimum atomic E-state index is -0.101. The Balaban J connectivity index is 1.85. The lowest BCUT2D eigenvalue weighted by Gasteiger charge is -2.03. The fourth-order valence-corrected chi connectivity index (χ4v) is 2.24. The normalized spacial score (nSPS) is 11.0. The largest absolute Gasteiger partial charge is 0.497 e. The van der Waals surface area contributed by atoms with Gasteiger partial charge in [0.05, 0.1) is 7.11 Å². The molecular formula is C19H15NO2. The summed E-state index contributed by atoms with van der Waals surface area (Å²) in [6, 6.07) is 17.3. The molecule has 0 unspecified atom stereocenters. The highest BCUT2D eigenvalue weighted by atomic mass is 16.5. The summed E-state index contributed by atoms with van der Waals surface area (Å²) in [5.74, 6) is 0.733. The van der Waals surface area contributed by atoms with Crippen LogP contribution in [0, 0.1) is 0 Å². The van der Waals surface area contributed by atoms with Gasteiger partial charge in [-0.15, -0.1) is 0 Å². The van der Waals surface area contributed by atoms with Crippen molar-refractivity contribution in [2.24, 2.45) is 0 Å². The van der Waals surface area contributed by atoms with Crippen LogP contribution in [0.15, 0.2) is 66.9 Å². The van der Waals surface area contributed by atoms with Gasteiger partial charge in [0.2, 0.25) is 5.78 Å². The van der Waals surface area contributed by atoms with Crippen LogP contribution in [-0.4, -0.2) is 17.9 Å². The lowest BCUT2D eigenvalue weighted by atomic mass is 10.1. The first kappa shape index (κ1) is 14.0. The maximum absolute atomic E-state index is 12.0. The first-order valence-electron chi connectivity index (χ1n) is 6.97. The molecule has 0 amide bonds. The Kier molecular flexibility index (Phi) is 3.97. The van der Waals surface area contributed by atoms with Crippen molar-refractivity contribution >= 4 is 22.6 Å². The number of benzene rings is 2. The second-order valence-electron chi connectivity index (χ2n) is 4.89. The number of pyridine rings is 1. The van der Waals surface area contributed by atoms with Gasteiger partial charge in [0.1, 0.15) is 11.4 Å². The third-order valence-electron chi connectivity index (χ3n) is 3.42. The molecule has 0 saturated carbocycles. The summed E-state index contributed by atoms with van der Waals surface area (Å²) in [5, 5.41) is 2.21. The molecule has 108 valence electrons. The Morgan fingerprint density at radius 3 is 2.64 bits per heavy atom. The number of rotatable bonds is 4. The highest BCUT2D eigenvalue weighted by Gasteiger charge is 2.02. The molecule has 3 nitrogen and oxygen atoms in total. The van der Waals surface area contributed by atoms with Crippen LogP contribution >= 0.6 is 0 Å². The summed E-state index contributed by atoms with van der Waals surface area (Å²) in [6.45, 7) is 0. The molecule has 22 heavy (non-hydrogen) atoms. The maximum atomic E-state index is 12.0. The number of ketones is 1. The van der Waals surface area contributed by atoms with Gasteiger partial charge >= 0.3 is 0 Å². The maximum Gasteiger partial charge on any atom is 0.204 e. The van der Waals surface area contributed by atoms with Crippen LogP contribution in [0.5, 0.6) is 5.75 Å². The summed E-state index contributed by atoms with van der Waals surface area (Å²) in [7, 11) is 1.65. The third-order valence-corrected chi connectivity index (χ3v) is 3.42. The van der Waals surface area contributed by atoms with Gasteiger partial charge in [-0.2, -0.15) is 0 Å². The van der Waals surface area contributed by atoms with Gasteiger partial charge in [0.25, 0.3) is 0 Å². The number of carbonyl (C=O) groups excluding carboxylic acids is 1. The van der Waals surface area contributed by atoms with E-state index in [1.54, 1.807) is 43.7 Å². The molecule has 0 bridgehead atoms.